The van der Waals surface area contributed by atoms with Gasteiger partial charge in [-0.25, -0.2) is 0 Å². The topological polar surface area (TPSA) is 94.0 Å². The second-order valence-corrected chi connectivity index (χ2v) is 3.92. The molecule has 2 aromatic rings. The standard InChI is InChI=1S/C9H10N4O2S.ClH/c10-4-7-12-8(15-13-7)5-11-9(14)6-2-1-3-16-6;/h1-3H,4-5,10H2,(H,11,14);1H. The summed E-state index contributed by atoms with van der Waals surface area (Å²) in [6, 6.07) is 3.57. The van der Waals surface area contributed by atoms with Crippen LogP contribution in [0.4, 0.5) is 0 Å². The highest BCUT2D eigenvalue weighted by Crippen LogP contribution is 2.08. The van der Waals surface area contributed by atoms with E-state index in [4.69, 9.17) is 10.3 Å². The summed E-state index contributed by atoms with van der Waals surface area (Å²) >= 11 is 1.38. The summed E-state index contributed by atoms with van der Waals surface area (Å²) in [4.78, 5) is 16.2. The van der Waals surface area contributed by atoms with Crippen LogP contribution in [0.1, 0.15) is 21.4 Å². The molecule has 1 amide bonds. The molecule has 0 bridgehead atoms. The van der Waals surface area contributed by atoms with Gasteiger partial charge in [0.05, 0.1) is 18.0 Å². The number of halogens is 1. The lowest BCUT2D eigenvalue weighted by Crippen LogP contribution is -2.21. The van der Waals surface area contributed by atoms with Crippen molar-refractivity contribution in [2.45, 2.75) is 13.1 Å². The molecule has 0 aromatic carbocycles. The molecule has 17 heavy (non-hydrogen) atoms. The van der Waals surface area contributed by atoms with Gasteiger partial charge in [0.15, 0.2) is 5.82 Å². The first-order chi connectivity index (χ1) is 7.79. The van der Waals surface area contributed by atoms with E-state index in [0.717, 1.165) is 0 Å². The van der Waals surface area contributed by atoms with Crippen LogP contribution in [0.15, 0.2) is 22.0 Å². The van der Waals surface area contributed by atoms with Gasteiger partial charge >= 0.3 is 0 Å². The lowest BCUT2D eigenvalue weighted by molar-refractivity contribution is 0.0950. The Morgan fingerprint density at radius 3 is 3.00 bits per heavy atom. The molecule has 0 aliphatic rings. The predicted octanol–water partition coefficient (Wildman–Crippen LogP) is 0.942. The Bertz CT molecular complexity index is 471. The first-order valence-electron chi connectivity index (χ1n) is 4.63. The van der Waals surface area contributed by atoms with Crippen molar-refractivity contribution in [1.82, 2.24) is 15.5 Å². The number of thiophene rings is 1. The highest BCUT2D eigenvalue weighted by molar-refractivity contribution is 7.12. The second kappa shape index (κ2) is 6.33. The van der Waals surface area contributed by atoms with Crippen molar-refractivity contribution in [2.75, 3.05) is 0 Å². The molecular weight excluding hydrogens is 264 g/mol. The Hall–Kier alpha value is -1.44. The van der Waals surface area contributed by atoms with E-state index in [2.05, 4.69) is 15.5 Å². The number of nitrogens with one attached hydrogen (secondary N) is 1. The van der Waals surface area contributed by atoms with Crippen molar-refractivity contribution in [1.29, 1.82) is 0 Å². The van der Waals surface area contributed by atoms with Crippen LogP contribution in [0, 0.1) is 0 Å². The van der Waals surface area contributed by atoms with Crippen molar-refractivity contribution >= 4 is 29.7 Å². The quantitative estimate of drug-likeness (QED) is 0.865. The Morgan fingerprint density at radius 2 is 2.41 bits per heavy atom. The maximum Gasteiger partial charge on any atom is 0.261 e. The maximum atomic E-state index is 11.5. The Labute approximate surface area is 108 Å². The zero-order chi connectivity index (χ0) is 11.4. The average molecular weight is 275 g/mol. The first-order valence-corrected chi connectivity index (χ1v) is 5.51. The summed E-state index contributed by atoms with van der Waals surface area (Å²) in [6.45, 7) is 0.437. The summed E-state index contributed by atoms with van der Waals surface area (Å²) in [5.74, 6) is 0.633. The van der Waals surface area contributed by atoms with Gasteiger partial charge in [-0.1, -0.05) is 11.2 Å². The summed E-state index contributed by atoms with van der Waals surface area (Å²) in [6.07, 6.45) is 0. The van der Waals surface area contributed by atoms with Crippen LogP contribution in [0.2, 0.25) is 0 Å². The summed E-state index contributed by atoms with van der Waals surface area (Å²) in [5.41, 5.74) is 5.33. The molecule has 8 heteroatoms. The Kier molecular flexibility index (Phi) is 5.08. The van der Waals surface area contributed by atoms with E-state index in [9.17, 15) is 4.79 Å². The first kappa shape index (κ1) is 13.6. The third-order valence-electron chi connectivity index (χ3n) is 1.84. The largest absolute Gasteiger partial charge is 0.342 e. The van der Waals surface area contributed by atoms with Crippen molar-refractivity contribution in [2.24, 2.45) is 5.73 Å². The molecule has 0 unspecified atom stereocenters. The summed E-state index contributed by atoms with van der Waals surface area (Å²) < 4.78 is 4.87. The zero-order valence-electron chi connectivity index (χ0n) is 8.75. The highest BCUT2D eigenvalue weighted by Gasteiger charge is 2.09. The molecule has 2 rings (SSSR count). The average Bonchev–Trinajstić information content (AvgIpc) is 2.96. The van der Waals surface area contributed by atoms with Crippen LogP contribution in [0.25, 0.3) is 0 Å². The maximum absolute atomic E-state index is 11.5. The molecule has 2 heterocycles. The predicted molar refractivity (Wildman–Crippen MR) is 64.9 cm³/mol. The molecule has 0 radical (unpaired) electrons. The monoisotopic (exact) mass is 274 g/mol. The fourth-order valence-corrected chi connectivity index (χ4v) is 1.74. The van der Waals surface area contributed by atoms with E-state index >= 15 is 0 Å². The number of carbonyl (C=O) groups is 1. The number of rotatable bonds is 4. The molecule has 0 spiro atoms. The molecule has 0 aliphatic heterocycles. The van der Waals surface area contributed by atoms with Gasteiger partial charge in [-0.2, -0.15) is 4.98 Å². The lowest BCUT2D eigenvalue weighted by atomic mass is 10.4. The van der Waals surface area contributed by atoms with Gasteiger partial charge in [0.2, 0.25) is 5.89 Å². The van der Waals surface area contributed by atoms with E-state index in [-0.39, 0.29) is 31.4 Å². The number of hydrogen-bond donors (Lipinski definition) is 2. The number of nitrogens with zero attached hydrogens (tertiary/aromatic N) is 2. The van der Waals surface area contributed by atoms with Gasteiger partial charge in [0, 0.05) is 0 Å². The number of aromatic nitrogens is 2. The number of carbonyl (C=O) groups excluding carboxylic acids is 1. The molecule has 0 atom stereocenters. The minimum absolute atomic E-state index is 0. The van der Waals surface area contributed by atoms with Crippen LogP contribution in [0.5, 0.6) is 0 Å². The van der Waals surface area contributed by atoms with E-state index in [1.54, 1.807) is 6.07 Å². The van der Waals surface area contributed by atoms with E-state index in [0.29, 0.717) is 16.6 Å². The molecule has 0 saturated heterocycles. The van der Waals surface area contributed by atoms with Gasteiger partial charge in [0.25, 0.3) is 5.91 Å². The number of hydrogen-bond acceptors (Lipinski definition) is 6. The molecule has 92 valence electrons. The van der Waals surface area contributed by atoms with Gasteiger partial charge < -0.3 is 15.6 Å². The fourth-order valence-electron chi connectivity index (χ4n) is 1.10. The minimum Gasteiger partial charge on any atom is -0.342 e. The van der Waals surface area contributed by atoms with Gasteiger partial charge in [-0.3, -0.25) is 4.79 Å². The third-order valence-corrected chi connectivity index (χ3v) is 2.71. The molecule has 0 saturated carbocycles. The smallest absolute Gasteiger partial charge is 0.261 e. The molecule has 2 aromatic heterocycles. The molecular formula is C9H11ClN4O2S. The number of nitrogens with two attached hydrogens (primary N) is 1. The van der Waals surface area contributed by atoms with E-state index in [1.807, 2.05) is 11.4 Å². The second-order valence-electron chi connectivity index (χ2n) is 2.97. The molecule has 3 N–H and O–H groups in total. The van der Waals surface area contributed by atoms with Gasteiger partial charge in [0.1, 0.15) is 0 Å². The van der Waals surface area contributed by atoms with Crippen molar-refractivity contribution < 1.29 is 9.32 Å². The Balaban J connectivity index is 0.00000144. The lowest BCUT2D eigenvalue weighted by Gasteiger charge is -1.98. The fraction of sp³-hybridized carbons (Fsp3) is 0.222. The molecule has 0 fully saturated rings. The molecule has 0 aliphatic carbocycles. The summed E-state index contributed by atoms with van der Waals surface area (Å²) in [5, 5.41) is 8.13. The zero-order valence-corrected chi connectivity index (χ0v) is 10.4. The van der Waals surface area contributed by atoms with Crippen molar-refractivity contribution in [3.05, 3.63) is 34.1 Å². The van der Waals surface area contributed by atoms with Crippen LogP contribution in [-0.2, 0) is 13.1 Å². The van der Waals surface area contributed by atoms with Crippen LogP contribution < -0.4 is 11.1 Å². The van der Waals surface area contributed by atoms with Gasteiger partial charge in [-0.15, -0.1) is 23.7 Å². The van der Waals surface area contributed by atoms with Gasteiger partial charge in [-0.05, 0) is 11.4 Å². The van der Waals surface area contributed by atoms with Crippen LogP contribution in [-0.4, -0.2) is 16.0 Å². The van der Waals surface area contributed by atoms with Crippen molar-refractivity contribution in [3.8, 4) is 0 Å². The highest BCUT2D eigenvalue weighted by atomic mass is 35.5. The normalized spacial score (nSPS) is 9.71. The molecule has 6 nitrogen and oxygen atoms in total. The van der Waals surface area contributed by atoms with Crippen LogP contribution in [0.3, 0.4) is 0 Å². The number of amides is 1. The Morgan fingerprint density at radius 1 is 1.59 bits per heavy atom. The van der Waals surface area contributed by atoms with E-state index in [1.165, 1.54) is 11.3 Å². The van der Waals surface area contributed by atoms with Crippen molar-refractivity contribution in [3.63, 3.8) is 0 Å². The minimum atomic E-state index is -0.150. The van der Waals surface area contributed by atoms with Crippen LogP contribution >= 0.6 is 23.7 Å². The van der Waals surface area contributed by atoms with E-state index < -0.39 is 0 Å². The third kappa shape index (κ3) is 3.52. The summed E-state index contributed by atoms with van der Waals surface area (Å²) in [7, 11) is 0. The SMILES string of the molecule is Cl.NCc1noc(CNC(=O)c2cccs2)n1.